The minimum absolute atomic E-state index is 0.0211. The molecule has 1 aliphatic heterocycles. The predicted molar refractivity (Wildman–Crippen MR) is 124 cm³/mol. The topological polar surface area (TPSA) is 149 Å². The van der Waals surface area contributed by atoms with Crippen molar-refractivity contribution in [2.75, 3.05) is 19.5 Å². The molecule has 15 heteroatoms. The lowest BCUT2D eigenvalue weighted by atomic mass is 10.0. The molecule has 0 saturated carbocycles. The van der Waals surface area contributed by atoms with Gasteiger partial charge >= 0.3 is 12.2 Å². The fourth-order valence-corrected chi connectivity index (χ4v) is 4.58. The number of imide groups is 1. The van der Waals surface area contributed by atoms with Crippen molar-refractivity contribution in [1.29, 1.82) is 0 Å². The average Bonchev–Trinajstić information content (AvgIpc) is 3.59. The summed E-state index contributed by atoms with van der Waals surface area (Å²) < 4.78 is 28.3. The minimum atomic E-state index is -1.30. The lowest BCUT2D eigenvalue weighted by Crippen LogP contribution is -2.49. The second-order valence-corrected chi connectivity index (χ2v) is 8.80. The van der Waals surface area contributed by atoms with Gasteiger partial charge in [-0.2, -0.15) is 4.98 Å². The third-order valence-corrected chi connectivity index (χ3v) is 6.42. The van der Waals surface area contributed by atoms with Crippen LogP contribution in [0.3, 0.4) is 0 Å². The monoisotopic (exact) mass is 535 g/mol. The Morgan fingerprint density at radius 1 is 1.28 bits per heavy atom. The summed E-state index contributed by atoms with van der Waals surface area (Å²) in [5.41, 5.74) is 2.22. The Kier molecular flexibility index (Phi) is 7.40. The Morgan fingerprint density at radius 2 is 2.08 bits per heavy atom. The third-order valence-electron chi connectivity index (χ3n) is 5.05. The van der Waals surface area contributed by atoms with Crippen LogP contribution >= 0.6 is 22.7 Å². The molecule has 0 radical (unpaired) electrons. The number of halogens is 1. The Morgan fingerprint density at radius 3 is 2.75 bits per heavy atom. The van der Waals surface area contributed by atoms with E-state index in [9.17, 15) is 23.6 Å². The van der Waals surface area contributed by atoms with E-state index >= 15 is 0 Å². The molecule has 2 atom stereocenters. The van der Waals surface area contributed by atoms with Crippen molar-refractivity contribution >= 4 is 51.8 Å². The van der Waals surface area contributed by atoms with Crippen molar-refractivity contribution in [3.05, 3.63) is 51.5 Å². The van der Waals surface area contributed by atoms with Crippen LogP contribution in [0.25, 0.3) is 0 Å². The van der Waals surface area contributed by atoms with Gasteiger partial charge in [-0.3, -0.25) is 9.59 Å². The fourth-order valence-electron chi connectivity index (χ4n) is 3.39. The van der Waals surface area contributed by atoms with E-state index in [-0.39, 0.29) is 28.7 Å². The standard InChI is InChI=1S/C21H18FN5O7S2/c1-32-14-4-3-10(5-12(14)22)16-18(29)27(20(30)25-16)13(6-11-7-35-9-23-11)17(28)26-19-24-15(8-36-19)34-21(31)33-2/h3-5,7-9,13,16H,6H2,1-2H3,(H,25,30)(H,24,26,28)/t13-,16?/m0/s1. The number of carbonyl (C=O) groups excluding carboxylic acids is 4. The number of benzene rings is 1. The van der Waals surface area contributed by atoms with Crippen LogP contribution in [0.15, 0.2) is 34.5 Å². The van der Waals surface area contributed by atoms with E-state index in [4.69, 9.17) is 9.47 Å². The Bertz CT molecular complexity index is 1300. The zero-order valence-electron chi connectivity index (χ0n) is 18.7. The first kappa shape index (κ1) is 25.0. The number of rotatable bonds is 8. The largest absolute Gasteiger partial charge is 0.514 e. The minimum Gasteiger partial charge on any atom is -0.494 e. The first-order valence-electron chi connectivity index (χ1n) is 10.2. The fraction of sp³-hybridized carbons (Fsp3) is 0.238. The molecule has 1 fully saturated rings. The number of hydrogen-bond donors (Lipinski definition) is 2. The quantitative estimate of drug-likeness (QED) is 0.328. The lowest BCUT2D eigenvalue weighted by Gasteiger charge is -2.23. The molecule has 188 valence electrons. The lowest BCUT2D eigenvalue weighted by molar-refractivity contribution is -0.134. The number of urea groups is 1. The van der Waals surface area contributed by atoms with Gasteiger partial charge in [0.25, 0.3) is 5.91 Å². The summed E-state index contributed by atoms with van der Waals surface area (Å²) in [7, 11) is 2.43. The highest BCUT2D eigenvalue weighted by Gasteiger charge is 2.45. The van der Waals surface area contributed by atoms with E-state index in [0.29, 0.717) is 5.69 Å². The van der Waals surface area contributed by atoms with Gasteiger partial charge in [-0.15, -0.1) is 22.7 Å². The number of nitrogens with one attached hydrogen (secondary N) is 2. The van der Waals surface area contributed by atoms with Crippen LogP contribution in [0.1, 0.15) is 17.3 Å². The third kappa shape index (κ3) is 5.26. The van der Waals surface area contributed by atoms with E-state index in [2.05, 4.69) is 25.3 Å². The van der Waals surface area contributed by atoms with Gasteiger partial charge < -0.3 is 24.8 Å². The summed E-state index contributed by atoms with van der Waals surface area (Å²) in [6.45, 7) is 0. The van der Waals surface area contributed by atoms with Gasteiger partial charge in [0.05, 0.1) is 30.8 Å². The number of hydrogen-bond acceptors (Lipinski definition) is 11. The number of carbonyl (C=O) groups is 4. The molecule has 36 heavy (non-hydrogen) atoms. The van der Waals surface area contributed by atoms with E-state index in [1.807, 2.05) is 0 Å². The number of methoxy groups -OCH3 is 2. The van der Waals surface area contributed by atoms with Gasteiger partial charge in [0.1, 0.15) is 12.1 Å². The molecule has 2 N–H and O–H groups in total. The van der Waals surface area contributed by atoms with Gasteiger partial charge in [0.15, 0.2) is 16.7 Å². The number of ether oxygens (including phenoxy) is 3. The summed E-state index contributed by atoms with van der Waals surface area (Å²) in [5.74, 6) is -2.30. The highest BCUT2D eigenvalue weighted by Crippen LogP contribution is 2.29. The molecule has 12 nitrogen and oxygen atoms in total. The number of anilines is 1. The molecule has 1 aliphatic rings. The van der Waals surface area contributed by atoms with Crippen LogP contribution in [0, 0.1) is 5.82 Å². The van der Waals surface area contributed by atoms with Crippen LogP contribution < -0.4 is 20.1 Å². The Labute approximate surface area is 211 Å². The SMILES string of the molecule is COC(=O)Oc1csc(NC(=O)[C@H](Cc2cscn2)N2C(=O)NC(c3ccc(OC)c(F)c3)C2=O)n1. The molecular weight excluding hydrogens is 517 g/mol. The van der Waals surface area contributed by atoms with Crippen molar-refractivity contribution in [3.63, 3.8) is 0 Å². The zero-order valence-corrected chi connectivity index (χ0v) is 20.4. The summed E-state index contributed by atoms with van der Waals surface area (Å²) in [5, 5.41) is 8.12. The first-order valence-corrected chi connectivity index (χ1v) is 12.0. The Balaban J connectivity index is 1.57. The summed E-state index contributed by atoms with van der Waals surface area (Å²) in [6.07, 6.45) is -1.06. The van der Waals surface area contributed by atoms with Gasteiger partial charge in [0, 0.05) is 11.8 Å². The molecule has 4 amide bonds. The first-order chi connectivity index (χ1) is 17.3. The number of thiazole rings is 2. The van der Waals surface area contributed by atoms with Crippen molar-refractivity contribution in [3.8, 4) is 11.6 Å². The maximum absolute atomic E-state index is 14.2. The summed E-state index contributed by atoms with van der Waals surface area (Å²) >= 11 is 2.24. The molecule has 3 aromatic rings. The Hall–Kier alpha value is -4.11. The second-order valence-electron chi connectivity index (χ2n) is 7.22. The molecule has 4 rings (SSSR count). The average molecular weight is 536 g/mol. The maximum Gasteiger partial charge on any atom is 0.514 e. The van der Waals surface area contributed by atoms with Crippen LogP contribution in [-0.2, 0) is 20.7 Å². The van der Waals surface area contributed by atoms with E-state index in [1.54, 1.807) is 10.9 Å². The zero-order chi connectivity index (χ0) is 25.8. The van der Waals surface area contributed by atoms with Crippen LogP contribution in [0.2, 0.25) is 0 Å². The second kappa shape index (κ2) is 10.7. The number of amides is 4. The molecular formula is C21H18FN5O7S2. The number of nitrogens with zero attached hydrogens (tertiary/aromatic N) is 3. The van der Waals surface area contributed by atoms with Gasteiger partial charge in [0.2, 0.25) is 11.8 Å². The molecule has 3 heterocycles. The van der Waals surface area contributed by atoms with Gasteiger partial charge in [-0.1, -0.05) is 6.07 Å². The van der Waals surface area contributed by atoms with Crippen molar-refractivity contribution in [2.45, 2.75) is 18.5 Å². The van der Waals surface area contributed by atoms with Crippen molar-refractivity contribution < 1.29 is 37.8 Å². The van der Waals surface area contributed by atoms with Crippen molar-refractivity contribution in [2.24, 2.45) is 0 Å². The van der Waals surface area contributed by atoms with Crippen LogP contribution in [0.5, 0.6) is 11.6 Å². The maximum atomic E-state index is 14.2. The normalized spacial score (nSPS) is 15.9. The van der Waals surface area contributed by atoms with Gasteiger partial charge in [-0.05, 0) is 17.7 Å². The van der Waals surface area contributed by atoms with E-state index in [0.717, 1.165) is 29.4 Å². The highest BCUT2D eigenvalue weighted by atomic mass is 32.1. The highest BCUT2D eigenvalue weighted by molar-refractivity contribution is 7.14. The summed E-state index contributed by atoms with van der Waals surface area (Å²) in [4.78, 5) is 59.5. The van der Waals surface area contributed by atoms with Crippen LogP contribution in [-0.4, -0.2) is 59.1 Å². The molecule has 2 aromatic heterocycles. The predicted octanol–water partition coefficient (Wildman–Crippen LogP) is 2.74. The van der Waals surface area contributed by atoms with Crippen LogP contribution in [0.4, 0.5) is 19.1 Å². The summed E-state index contributed by atoms with van der Waals surface area (Å²) in [6, 6.07) is 0.528. The molecule has 1 saturated heterocycles. The molecule has 0 bridgehead atoms. The van der Waals surface area contributed by atoms with E-state index < -0.39 is 41.9 Å². The smallest absolute Gasteiger partial charge is 0.494 e. The van der Waals surface area contributed by atoms with Crippen molar-refractivity contribution in [1.82, 2.24) is 20.2 Å². The molecule has 1 aromatic carbocycles. The molecule has 0 spiro atoms. The van der Waals surface area contributed by atoms with E-state index in [1.165, 1.54) is 36.0 Å². The van der Waals surface area contributed by atoms with Gasteiger partial charge in [-0.25, -0.2) is 23.9 Å². The number of aromatic nitrogens is 2. The molecule has 1 unspecified atom stereocenters. The molecule has 0 aliphatic carbocycles.